The average molecular weight is 552 g/mol. The number of nitrogens with one attached hydrogen (secondary N) is 1. The minimum atomic E-state index is -3.61. The molecule has 2 aromatic carbocycles. The second-order valence-corrected chi connectivity index (χ2v) is 12.5. The molecule has 10 heteroatoms. The van der Waals surface area contributed by atoms with Crippen molar-refractivity contribution in [2.45, 2.75) is 65.6 Å². The second-order valence-electron chi connectivity index (χ2n) is 10.2. The largest absolute Gasteiger partial charge is 0.497 e. The summed E-state index contributed by atoms with van der Waals surface area (Å²) in [6.45, 7) is 9.44. The minimum Gasteiger partial charge on any atom is -0.497 e. The molecule has 0 aliphatic heterocycles. The van der Waals surface area contributed by atoms with Crippen LogP contribution in [0.1, 0.15) is 51.7 Å². The molecule has 0 unspecified atom stereocenters. The summed E-state index contributed by atoms with van der Waals surface area (Å²) in [7, 11) is -2.04. The lowest BCUT2D eigenvalue weighted by Gasteiger charge is -2.32. The van der Waals surface area contributed by atoms with Gasteiger partial charge in [0, 0.05) is 30.1 Å². The van der Waals surface area contributed by atoms with E-state index >= 15 is 0 Å². The molecule has 204 valence electrons. The summed E-state index contributed by atoms with van der Waals surface area (Å²) in [5, 5.41) is 3.36. The van der Waals surface area contributed by atoms with Crippen LogP contribution in [-0.4, -0.2) is 56.6 Å². The van der Waals surface area contributed by atoms with E-state index in [4.69, 9.17) is 16.3 Å². The van der Waals surface area contributed by atoms with Crippen LogP contribution in [0.4, 0.5) is 5.69 Å². The molecule has 0 bridgehead atoms. The molecule has 0 aliphatic carbocycles. The summed E-state index contributed by atoms with van der Waals surface area (Å²) in [6.07, 6.45) is 1.45. The minimum absolute atomic E-state index is 0.0583. The standard InChI is InChI=1S/C27H38ClN3O5S/c1-19-13-14-22(28)17-24(19)31(37(7,34)35)15-9-12-25(32)30(20(2)26(33)29-27(3,4)5)18-21-10-8-11-23(16-21)36-6/h8,10-11,13-14,16-17,20H,9,12,15,18H2,1-7H3,(H,29,33)/t20-/m0/s1. The van der Waals surface area contributed by atoms with Crippen molar-refractivity contribution in [2.75, 3.05) is 24.2 Å². The fourth-order valence-corrected chi connectivity index (χ4v) is 5.04. The van der Waals surface area contributed by atoms with Crippen LogP contribution in [-0.2, 0) is 26.2 Å². The summed E-state index contributed by atoms with van der Waals surface area (Å²) < 4.78 is 31.7. The van der Waals surface area contributed by atoms with Gasteiger partial charge >= 0.3 is 0 Å². The van der Waals surface area contributed by atoms with Crippen LogP contribution in [0, 0.1) is 6.92 Å². The van der Waals surface area contributed by atoms with E-state index in [-0.39, 0.29) is 37.7 Å². The number of halogens is 1. The quantitative estimate of drug-likeness (QED) is 0.442. The van der Waals surface area contributed by atoms with Crippen LogP contribution in [0.3, 0.4) is 0 Å². The van der Waals surface area contributed by atoms with Crippen molar-refractivity contribution < 1.29 is 22.7 Å². The molecular weight excluding hydrogens is 514 g/mol. The SMILES string of the molecule is COc1cccc(CN(C(=O)CCCN(c2cc(Cl)ccc2C)S(C)(=O)=O)[C@@H](C)C(=O)NC(C)(C)C)c1. The molecule has 0 saturated carbocycles. The van der Waals surface area contributed by atoms with Gasteiger partial charge in [0.2, 0.25) is 21.8 Å². The van der Waals surface area contributed by atoms with Crippen molar-refractivity contribution in [2.24, 2.45) is 0 Å². The Morgan fingerprint density at radius 3 is 2.41 bits per heavy atom. The van der Waals surface area contributed by atoms with Crippen LogP contribution in [0.5, 0.6) is 5.75 Å². The second kappa shape index (κ2) is 12.6. The number of benzene rings is 2. The van der Waals surface area contributed by atoms with Crippen molar-refractivity contribution in [1.29, 1.82) is 0 Å². The highest BCUT2D eigenvalue weighted by atomic mass is 35.5. The molecule has 0 heterocycles. The van der Waals surface area contributed by atoms with Gasteiger partial charge in [0.15, 0.2) is 0 Å². The molecule has 1 atom stereocenters. The molecule has 2 aromatic rings. The first-order valence-corrected chi connectivity index (χ1v) is 14.3. The highest BCUT2D eigenvalue weighted by Gasteiger charge is 2.29. The number of anilines is 1. The molecule has 0 radical (unpaired) electrons. The molecule has 2 amide bonds. The Bertz CT molecular complexity index is 1210. The van der Waals surface area contributed by atoms with Gasteiger partial charge < -0.3 is 15.0 Å². The van der Waals surface area contributed by atoms with Gasteiger partial charge in [-0.3, -0.25) is 13.9 Å². The zero-order valence-electron chi connectivity index (χ0n) is 22.7. The Morgan fingerprint density at radius 1 is 1.14 bits per heavy atom. The lowest BCUT2D eigenvalue weighted by Crippen LogP contribution is -2.52. The highest BCUT2D eigenvalue weighted by molar-refractivity contribution is 7.92. The van der Waals surface area contributed by atoms with Crippen molar-refractivity contribution >= 4 is 39.1 Å². The van der Waals surface area contributed by atoms with Crippen LogP contribution in [0.2, 0.25) is 5.02 Å². The first kappa shape index (κ1) is 30.4. The summed E-state index contributed by atoms with van der Waals surface area (Å²) in [6, 6.07) is 11.6. The van der Waals surface area contributed by atoms with E-state index in [1.54, 1.807) is 39.2 Å². The number of methoxy groups -OCH3 is 1. The third-order valence-corrected chi connectivity index (χ3v) is 7.16. The number of hydrogen-bond acceptors (Lipinski definition) is 5. The van der Waals surface area contributed by atoms with E-state index in [1.807, 2.05) is 45.0 Å². The summed E-state index contributed by atoms with van der Waals surface area (Å²) >= 11 is 6.12. The average Bonchev–Trinajstić information content (AvgIpc) is 2.79. The predicted molar refractivity (Wildman–Crippen MR) is 149 cm³/mol. The van der Waals surface area contributed by atoms with Gasteiger partial charge in [-0.1, -0.05) is 29.8 Å². The predicted octanol–water partition coefficient (Wildman–Crippen LogP) is 4.54. The molecular formula is C27H38ClN3O5S. The number of hydrogen-bond donors (Lipinski definition) is 1. The Balaban J connectivity index is 2.24. The number of sulfonamides is 1. The zero-order valence-corrected chi connectivity index (χ0v) is 24.2. The van der Waals surface area contributed by atoms with Gasteiger partial charge in [-0.05, 0) is 76.4 Å². The van der Waals surface area contributed by atoms with Gasteiger partial charge in [-0.2, -0.15) is 0 Å². The molecule has 0 spiro atoms. The number of amides is 2. The maximum atomic E-state index is 13.4. The van der Waals surface area contributed by atoms with Crippen LogP contribution in [0.25, 0.3) is 0 Å². The van der Waals surface area contributed by atoms with Gasteiger partial charge in [-0.25, -0.2) is 8.42 Å². The molecule has 1 N–H and O–H groups in total. The molecule has 0 saturated heterocycles. The number of ether oxygens (including phenoxy) is 1. The van der Waals surface area contributed by atoms with Crippen LogP contribution in [0.15, 0.2) is 42.5 Å². The maximum Gasteiger partial charge on any atom is 0.242 e. The number of nitrogens with zero attached hydrogens (tertiary/aromatic N) is 2. The molecule has 2 rings (SSSR count). The Morgan fingerprint density at radius 2 is 1.81 bits per heavy atom. The first-order valence-electron chi connectivity index (χ1n) is 12.1. The Labute approximate surface area is 226 Å². The smallest absolute Gasteiger partial charge is 0.242 e. The topological polar surface area (TPSA) is 96.0 Å². The fraction of sp³-hybridized carbons (Fsp3) is 0.481. The third kappa shape index (κ3) is 9.23. The van der Waals surface area contributed by atoms with Crippen molar-refractivity contribution in [3.8, 4) is 5.75 Å². The van der Waals surface area contributed by atoms with E-state index in [1.165, 1.54) is 9.21 Å². The first-order chi connectivity index (χ1) is 17.1. The maximum absolute atomic E-state index is 13.4. The number of aryl methyl sites for hydroxylation is 1. The molecule has 37 heavy (non-hydrogen) atoms. The number of carbonyl (C=O) groups excluding carboxylic acids is 2. The summed E-state index contributed by atoms with van der Waals surface area (Å²) in [5.74, 6) is 0.129. The van der Waals surface area contributed by atoms with Crippen molar-refractivity contribution in [3.05, 3.63) is 58.6 Å². The van der Waals surface area contributed by atoms with E-state index in [2.05, 4.69) is 5.32 Å². The fourth-order valence-electron chi connectivity index (χ4n) is 3.86. The Kier molecular flexibility index (Phi) is 10.4. The number of carbonyl (C=O) groups is 2. The van der Waals surface area contributed by atoms with E-state index in [9.17, 15) is 18.0 Å². The normalized spacial score (nSPS) is 12.5. The molecule has 0 aliphatic rings. The number of rotatable bonds is 11. The van der Waals surface area contributed by atoms with Gasteiger partial charge in [0.25, 0.3) is 0 Å². The highest BCUT2D eigenvalue weighted by Crippen LogP contribution is 2.27. The third-order valence-electron chi connectivity index (χ3n) is 5.74. The van der Waals surface area contributed by atoms with Crippen molar-refractivity contribution in [1.82, 2.24) is 10.2 Å². The lowest BCUT2D eigenvalue weighted by molar-refractivity contribution is -0.141. The summed E-state index contributed by atoms with van der Waals surface area (Å²) in [5.41, 5.74) is 1.60. The molecule has 0 fully saturated rings. The van der Waals surface area contributed by atoms with Crippen molar-refractivity contribution in [3.63, 3.8) is 0 Å². The molecule has 8 nitrogen and oxygen atoms in total. The van der Waals surface area contributed by atoms with Gasteiger partial charge in [-0.15, -0.1) is 0 Å². The van der Waals surface area contributed by atoms with Crippen LogP contribution < -0.4 is 14.4 Å². The van der Waals surface area contributed by atoms with Crippen LogP contribution >= 0.6 is 11.6 Å². The van der Waals surface area contributed by atoms with Gasteiger partial charge in [0.05, 0.1) is 19.1 Å². The Hall–Kier alpha value is -2.78. The van der Waals surface area contributed by atoms with Gasteiger partial charge in [0.1, 0.15) is 11.8 Å². The zero-order chi connectivity index (χ0) is 28.0. The monoisotopic (exact) mass is 551 g/mol. The van der Waals surface area contributed by atoms with E-state index in [0.29, 0.717) is 16.5 Å². The van der Waals surface area contributed by atoms with E-state index in [0.717, 1.165) is 17.4 Å². The van der Waals surface area contributed by atoms with E-state index < -0.39 is 21.6 Å². The molecule has 0 aromatic heterocycles. The summed E-state index contributed by atoms with van der Waals surface area (Å²) in [4.78, 5) is 27.9. The lowest BCUT2D eigenvalue weighted by atomic mass is 10.1.